The van der Waals surface area contributed by atoms with Gasteiger partial charge in [0.05, 0.1) is 5.41 Å². The number of piperidine rings is 1. The van der Waals surface area contributed by atoms with Gasteiger partial charge in [0.15, 0.2) is 0 Å². The molecular formula is C22H30F3N3O4S. The van der Waals surface area contributed by atoms with Gasteiger partial charge < -0.3 is 14.9 Å². The van der Waals surface area contributed by atoms with Crippen LogP contribution in [0.25, 0.3) is 0 Å². The minimum absolute atomic E-state index is 0.0393. The van der Waals surface area contributed by atoms with Gasteiger partial charge in [0, 0.05) is 55.3 Å². The molecule has 0 saturated carbocycles. The fourth-order valence-corrected chi connectivity index (χ4v) is 6.36. The number of aryl methyl sites for hydroxylation is 1. The molecule has 33 heavy (non-hydrogen) atoms. The van der Waals surface area contributed by atoms with Gasteiger partial charge in [-0.25, -0.2) is 4.79 Å². The number of carbonyl (C=O) groups is 3. The molecular weight excluding hydrogens is 459 g/mol. The second-order valence-electron chi connectivity index (χ2n) is 9.31. The van der Waals surface area contributed by atoms with E-state index >= 15 is 0 Å². The molecule has 2 spiro atoms. The van der Waals surface area contributed by atoms with Crippen molar-refractivity contribution < 1.29 is 32.7 Å². The van der Waals surface area contributed by atoms with Crippen molar-refractivity contribution in [3.05, 3.63) is 21.9 Å². The smallest absolute Gasteiger partial charge is 0.475 e. The van der Waals surface area contributed by atoms with Crippen molar-refractivity contribution in [2.24, 2.45) is 10.8 Å². The van der Waals surface area contributed by atoms with E-state index in [1.165, 1.54) is 9.75 Å². The number of amides is 2. The lowest BCUT2D eigenvalue weighted by molar-refractivity contribution is -0.192. The van der Waals surface area contributed by atoms with Gasteiger partial charge >= 0.3 is 12.1 Å². The Labute approximate surface area is 195 Å². The maximum absolute atomic E-state index is 13.1. The molecule has 0 aliphatic carbocycles. The van der Waals surface area contributed by atoms with Gasteiger partial charge in [-0.15, -0.1) is 11.3 Å². The Bertz CT molecular complexity index is 911. The maximum atomic E-state index is 13.1. The minimum Gasteiger partial charge on any atom is -0.475 e. The van der Waals surface area contributed by atoms with Crippen LogP contribution in [0.5, 0.6) is 0 Å². The van der Waals surface area contributed by atoms with E-state index in [4.69, 9.17) is 9.90 Å². The summed E-state index contributed by atoms with van der Waals surface area (Å²) in [7, 11) is 1.91. The average Bonchev–Trinajstić information content (AvgIpc) is 3.37. The standard InChI is InChI=1S/C20H29N3O2S.C2HF3O2/c1-15-4-5-17(26-15)12-22-10-6-19(7-11-22)13-23(16(2)24)14-20(19)8-9-21(3)18(20)25;3-2(4,5)1(6)7/h4-5H,6-14H2,1-3H3;(H,6,7). The fourth-order valence-electron chi connectivity index (χ4n) is 5.43. The first-order valence-electron chi connectivity index (χ1n) is 10.9. The SMILES string of the molecule is CC(=O)N1CC2(CCN(Cc3ccc(C)s3)CC2)C2(CCN(C)C2=O)C1.O=C(O)C(F)(F)F. The summed E-state index contributed by atoms with van der Waals surface area (Å²) in [6.07, 6.45) is -2.16. The summed E-state index contributed by atoms with van der Waals surface area (Å²) in [6, 6.07) is 4.42. The molecule has 7 nitrogen and oxygen atoms in total. The Morgan fingerprint density at radius 2 is 1.73 bits per heavy atom. The van der Waals surface area contributed by atoms with E-state index < -0.39 is 12.1 Å². The van der Waals surface area contributed by atoms with Crippen molar-refractivity contribution in [2.45, 2.75) is 45.8 Å². The number of hydrogen-bond donors (Lipinski definition) is 1. The lowest BCUT2D eigenvalue weighted by atomic mass is 9.60. The first-order chi connectivity index (χ1) is 15.3. The van der Waals surface area contributed by atoms with Gasteiger partial charge in [0.1, 0.15) is 0 Å². The van der Waals surface area contributed by atoms with Crippen molar-refractivity contribution in [2.75, 3.05) is 39.8 Å². The molecule has 2 amide bonds. The number of nitrogens with zero attached hydrogens (tertiary/aromatic N) is 3. The topological polar surface area (TPSA) is 81.2 Å². The van der Waals surface area contributed by atoms with Crippen molar-refractivity contribution in [3.63, 3.8) is 0 Å². The summed E-state index contributed by atoms with van der Waals surface area (Å²) in [5.74, 6) is -2.38. The van der Waals surface area contributed by atoms with E-state index in [1.54, 1.807) is 6.92 Å². The second-order valence-corrected chi connectivity index (χ2v) is 10.7. The number of likely N-dealkylation sites (tertiary alicyclic amines) is 3. The van der Waals surface area contributed by atoms with E-state index in [1.807, 2.05) is 28.2 Å². The first-order valence-corrected chi connectivity index (χ1v) is 11.7. The van der Waals surface area contributed by atoms with Gasteiger partial charge in [0.25, 0.3) is 0 Å². The number of hydrogen-bond acceptors (Lipinski definition) is 5. The number of rotatable bonds is 2. The summed E-state index contributed by atoms with van der Waals surface area (Å²) < 4.78 is 31.7. The van der Waals surface area contributed by atoms with E-state index in [0.29, 0.717) is 6.54 Å². The maximum Gasteiger partial charge on any atom is 0.490 e. The Hall–Kier alpha value is -2.14. The molecule has 0 radical (unpaired) electrons. The summed E-state index contributed by atoms with van der Waals surface area (Å²) in [6.45, 7) is 9.03. The minimum atomic E-state index is -5.08. The molecule has 3 fully saturated rings. The molecule has 11 heteroatoms. The highest BCUT2D eigenvalue weighted by molar-refractivity contribution is 7.11. The van der Waals surface area contributed by atoms with Crippen LogP contribution in [0.1, 0.15) is 35.9 Å². The zero-order valence-corrected chi connectivity index (χ0v) is 19.9. The third kappa shape index (κ3) is 5.03. The number of carboxylic acid groups (broad SMARTS) is 1. The molecule has 1 atom stereocenters. The van der Waals surface area contributed by atoms with Crippen LogP contribution >= 0.6 is 11.3 Å². The number of carbonyl (C=O) groups excluding carboxylic acids is 2. The molecule has 1 aromatic heterocycles. The van der Waals surface area contributed by atoms with Crippen molar-refractivity contribution >= 4 is 29.1 Å². The summed E-state index contributed by atoms with van der Waals surface area (Å²) in [5.41, 5.74) is -0.387. The van der Waals surface area contributed by atoms with Crippen LogP contribution in [0.4, 0.5) is 13.2 Å². The highest BCUT2D eigenvalue weighted by atomic mass is 32.1. The largest absolute Gasteiger partial charge is 0.490 e. The predicted molar refractivity (Wildman–Crippen MR) is 117 cm³/mol. The quantitative estimate of drug-likeness (QED) is 0.691. The number of halogens is 3. The van der Waals surface area contributed by atoms with E-state index in [9.17, 15) is 22.8 Å². The lowest BCUT2D eigenvalue weighted by Crippen LogP contribution is -2.52. The van der Waals surface area contributed by atoms with Crippen LogP contribution in [0, 0.1) is 17.8 Å². The van der Waals surface area contributed by atoms with E-state index in [2.05, 4.69) is 24.0 Å². The highest BCUT2D eigenvalue weighted by Gasteiger charge is 2.65. The summed E-state index contributed by atoms with van der Waals surface area (Å²) >= 11 is 1.87. The van der Waals surface area contributed by atoms with Crippen molar-refractivity contribution in [3.8, 4) is 0 Å². The lowest BCUT2D eigenvalue weighted by Gasteiger charge is -2.46. The molecule has 1 N–H and O–H groups in total. The van der Waals surface area contributed by atoms with Crippen LogP contribution in [-0.2, 0) is 20.9 Å². The van der Waals surface area contributed by atoms with Crippen LogP contribution < -0.4 is 0 Å². The van der Waals surface area contributed by atoms with Crippen LogP contribution in [0.15, 0.2) is 12.1 Å². The van der Waals surface area contributed by atoms with Gasteiger partial charge in [-0.3, -0.25) is 14.5 Å². The zero-order valence-electron chi connectivity index (χ0n) is 19.1. The Kier molecular flexibility index (Phi) is 7.14. The monoisotopic (exact) mass is 489 g/mol. The van der Waals surface area contributed by atoms with Gasteiger partial charge in [-0.05, 0) is 51.4 Å². The molecule has 3 aliphatic heterocycles. The molecule has 4 rings (SSSR count). The van der Waals surface area contributed by atoms with Crippen molar-refractivity contribution in [1.29, 1.82) is 0 Å². The number of fused-ring (bicyclic) bond motifs is 1. The second kappa shape index (κ2) is 9.25. The van der Waals surface area contributed by atoms with Crippen molar-refractivity contribution in [1.82, 2.24) is 14.7 Å². The normalized spacial score (nSPS) is 25.0. The molecule has 0 aromatic carbocycles. The third-order valence-corrected chi connectivity index (χ3v) is 8.26. The first kappa shape index (κ1) is 25.5. The van der Waals surface area contributed by atoms with E-state index in [0.717, 1.165) is 52.0 Å². The highest BCUT2D eigenvalue weighted by Crippen LogP contribution is 2.57. The summed E-state index contributed by atoms with van der Waals surface area (Å²) in [5, 5.41) is 7.12. The number of aliphatic carboxylic acids is 1. The Morgan fingerprint density at radius 1 is 1.12 bits per heavy atom. The van der Waals surface area contributed by atoms with Gasteiger partial charge in [0.2, 0.25) is 11.8 Å². The molecule has 4 heterocycles. The predicted octanol–water partition coefficient (Wildman–Crippen LogP) is 2.98. The fraction of sp³-hybridized carbons (Fsp3) is 0.682. The molecule has 1 unspecified atom stereocenters. The van der Waals surface area contributed by atoms with Gasteiger partial charge in [-0.2, -0.15) is 13.2 Å². The number of alkyl halides is 3. The zero-order chi connectivity index (χ0) is 24.6. The molecule has 184 valence electrons. The van der Waals surface area contributed by atoms with Crippen LogP contribution in [-0.4, -0.2) is 83.5 Å². The number of thiophene rings is 1. The third-order valence-electron chi connectivity index (χ3n) is 7.28. The van der Waals surface area contributed by atoms with Gasteiger partial charge in [-0.1, -0.05) is 0 Å². The Morgan fingerprint density at radius 3 is 2.15 bits per heavy atom. The number of carboxylic acids is 1. The average molecular weight is 490 g/mol. The summed E-state index contributed by atoms with van der Waals surface area (Å²) in [4.78, 5) is 43.2. The van der Waals surface area contributed by atoms with E-state index in [-0.39, 0.29) is 22.6 Å². The van der Waals surface area contributed by atoms with Crippen LogP contribution in [0.3, 0.4) is 0 Å². The Balaban J connectivity index is 0.000000383. The molecule has 1 aromatic rings. The molecule has 0 bridgehead atoms. The molecule has 3 saturated heterocycles. The molecule has 3 aliphatic rings. The van der Waals surface area contributed by atoms with Crippen LogP contribution in [0.2, 0.25) is 0 Å².